The first kappa shape index (κ1) is 17.1. The van der Waals surface area contributed by atoms with Crippen LogP contribution in [0.15, 0.2) is 24.3 Å². The normalized spacial score (nSPS) is 15.0. The Morgan fingerprint density at radius 2 is 2.14 bits per heavy atom. The summed E-state index contributed by atoms with van der Waals surface area (Å²) in [7, 11) is 1.36. The second-order valence-corrected chi connectivity index (χ2v) is 5.28. The van der Waals surface area contributed by atoms with Crippen LogP contribution in [0.3, 0.4) is 0 Å². The lowest BCUT2D eigenvalue weighted by Gasteiger charge is -2.26. The maximum atomic E-state index is 13.1. The van der Waals surface area contributed by atoms with Gasteiger partial charge in [-0.05, 0) is 30.5 Å². The lowest BCUT2D eigenvalue weighted by atomic mass is 9.96. The summed E-state index contributed by atoms with van der Waals surface area (Å²) in [6.07, 6.45) is 0.0655. The third-order valence-corrected chi connectivity index (χ3v) is 3.23. The number of hydrogen-bond acceptors (Lipinski definition) is 3. The number of ether oxygens (including phenoxy) is 1. The summed E-state index contributed by atoms with van der Waals surface area (Å²) in [4.78, 5) is 23.2. The van der Waals surface area contributed by atoms with Crippen molar-refractivity contribution in [3.63, 3.8) is 0 Å². The van der Waals surface area contributed by atoms with Gasteiger partial charge in [-0.1, -0.05) is 19.1 Å². The number of carboxylic acids is 1. The standard InChI is InChI=1S/C15H20FNO4/c1-10(11-5-4-6-12(16)8-11)7-13(18)17-15(2,9-21-3)14(19)20/h4-6,8,10H,7,9H2,1-3H3,(H,17,18)(H,19,20). The molecule has 5 nitrogen and oxygen atoms in total. The van der Waals surface area contributed by atoms with Crippen LogP contribution >= 0.6 is 0 Å². The lowest BCUT2D eigenvalue weighted by molar-refractivity contribution is -0.149. The van der Waals surface area contributed by atoms with Crippen LogP contribution in [0, 0.1) is 5.82 Å². The number of amides is 1. The minimum atomic E-state index is -1.48. The smallest absolute Gasteiger partial charge is 0.331 e. The van der Waals surface area contributed by atoms with Gasteiger partial charge < -0.3 is 15.2 Å². The highest BCUT2D eigenvalue weighted by molar-refractivity contribution is 5.87. The maximum Gasteiger partial charge on any atom is 0.331 e. The van der Waals surface area contributed by atoms with Gasteiger partial charge in [0.05, 0.1) is 6.61 Å². The van der Waals surface area contributed by atoms with E-state index in [9.17, 15) is 14.0 Å². The van der Waals surface area contributed by atoms with E-state index >= 15 is 0 Å². The zero-order valence-electron chi connectivity index (χ0n) is 12.4. The quantitative estimate of drug-likeness (QED) is 0.806. The molecule has 0 fully saturated rings. The number of aliphatic carboxylic acids is 1. The van der Waals surface area contributed by atoms with E-state index in [4.69, 9.17) is 9.84 Å². The topological polar surface area (TPSA) is 75.6 Å². The monoisotopic (exact) mass is 297 g/mol. The largest absolute Gasteiger partial charge is 0.479 e. The molecule has 2 atom stereocenters. The van der Waals surface area contributed by atoms with Gasteiger partial charge in [0.25, 0.3) is 0 Å². The van der Waals surface area contributed by atoms with Gasteiger partial charge in [0.1, 0.15) is 5.82 Å². The lowest BCUT2D eigenvalue weighted by Crippen LogP contribution is -2.55. The van der Waals surface area contributed by atoms with Gasteiger partial charge in [-0.2, -0.15) is 0 Å². The number of benzene rings is 1. The summed E-state index contributed by atoms with van der Waals surface area (Å²) < 4.78 is 18.0. The summed E-state index contributed by atoms with van der Waals surface area (Å²) in [5.74, 6) is -2.18. The van der Waals surface area contributed by atoms with Crippen molar-refractivity contribution >= 4 is 11.9 Å². The Morgan fingerprint density at radius 3 is 2.67 bits per heavy atom. The molecule has 116 valence electrons. The Hall–Kier alpha value is -1.95. The molecule has 0 heterocycles. The molecule has 0 saturated heterocycles. The molecule has 0 spiro atoms. The fourth-order valence-electron chi connectivity index (χ4n) is 2.01. The Bertz CT molecular complexity index is 520. The molecule has 6 heteroatoms. The highest BCUT2D eigenvalue weighted by atomic mass is 19.1. The predicted octanol–water partition coefficient (Wildman–Crippen LogP) is 1.93. The third kappa shape index (κ3) is 4.82. The summed E-state index contributed by atoms with van der Waals surface area (Å²) >= 11 is 0. The van der Waals surface area contributed by atoms with Crippen LogP contribution in [-0.4, -0.2) is 36.2 Å². The van der Waals surface area contributed by atoms with Crippen LogP contribution in [0.2, 0.25) is 0 Å². The molecule has 0 bridgehead atoms. The molecule has 1 amide bonds. The zero-order chi connectivity index (χ0) is 16.0. The first-order valence-electron chi connectivity index (χ1n) is 6.57. The Balaban J connectivity index is 2.70. The number of nitrogens with one attached hydrogen (secondary N) is 1. The van der Waals surface area contributed by atoms with Crippen LogP contribution in [0.5, 0.6) is 0 Å². The van der Waals surface area contributed by atoms with E-state index in [-0.39, 0.29) is 24.8 Å². The molecule has 0 aliphatic carbocycles. The molecular formula is C15H20FNO4. The van der Waals surface area contributed by atoms with Crippen molar-refractivity contribution < 1.29 is 23.8 Å². The van der Waals surface area contributed by atoms with Crippen LogP contribution in [0.25, 0.3) is 0 Å². The van der Waals surface area contributed by atoms with Gasteiger partial charge in [-0.3, -0.25) is 4.79 Å². The Kier molecular flexibility index (Phi) is 5.84. The fraction of sp³-hybridized carbons (Fsp3) is 0.467. The molecular weight excluding hydrogens is 277 g/mol. The molecule has 0 saturated carbocycles. The highest BCUT2D eigenvalue weighted by Crippen LogP contribution is 2.20. The number of carbonyl (C=O) groups excluding carboxylic acids is 1. The summed E-state index contributed by atoms with van der Waals surface area (Å²) in [5.41, 5.74) is -0.790. The van der Waals surface area contributed by atoms with Crippen molar-refractivity contribution in [2.45, 2.75) is 31.7 Å². The number of halogens is 1. The molecule has 1 rings (SSSR count). The Morgan fingerprint density at radius 1 is 1.48 bits per heavy atom. The number of hydrogen-bond donors (Lipinski definition) is 2. The molecule has 0 radical (unpaired) electrons. The number of carbonyl (C=O) groups is 2. The first-order chi connectivity index (χ1) is 9.78. The molecule has 21 heavy (non-hydrogen) atoms. The summed E-state index contributed by atoms with van der Waals surface area (Å²) in [5, 5.41) is 11.6. The van der Waals surface area contributed by atoms with Gasteiger partial charge in [0.2, 0.25) is 5.91 Å². The third-order valence-electron chi connectivity index (χ3n) is 3.23. The van der Waals surface area contributed by atoms with Gasteiger partial charge >= 0.3 is 5.97 Å². The SMILES string of the molecule is COCC(C)(NC(=O)CC(C)c1cccc(F)c1)C(=O)O. The van der Waals surface area contributed by atoms with Crippen molar-refractivity contribution in [2.75, 3.05) is 13.7 Å². The summed E-state index contributed by atoms with van der Waals surface area (Å²) in [6.45, 7) is 3.02. The van der Waals surface area contributed by atoms with E-state index in [0.29, 0.717) is 5.56 Å². The second-order valence-electron chi connectivity index (χ2n) is 5.28. The second kappa shape index (κ2) is 7.17. The van der Waals surface area contributed by atoms with Crippen molar-refractivity contribution in [3.05, 3.63) is 35.6 Å². The van der Waals surface area contributed by atoms with E-state index < -0.39 is 17.4 Å². The maximum absolute atomic E-state index is 13.1. The van der Waals surface area contributed by atoms with E-state index in [1.807, 2.05) is 0 Å². The van der Waals surface area contributed by atoms with Gasteiger partial charge in [-0.15, -0.1) is 0 Å². The van der Waals surface area contributed by atoms with Crippen LogP contribution in [0.1, 0.15) is 31.7 Å². The molecule has 2 N–H and O–H groups in total. The predicted molar refractivity (Wildman–Crippen MR) is 75.5 cm³/mol. The highest BCUT2D eigenvalue weighted by Gasteiger charge is 2.35. The Labute approximate surface area is 123 Å². The van der Waals surface area contributed by atoms with E-state index in [1.165, 1.54) is 26.2 Å². The van der Waals surface area contributed by atoms with Gasteiger partial charge in [-0.25, -0.2) is 9.18 Å². The van der Waals surface area contributed by atoms with Crippen LogP contribution in [0.4, 0.5) is 4.39 Å². The van der Waals surface area contributed by atoms with E-state index in [0.717, 1.165) is 0 Å². The zero-order valence-corrected chi connectivity index (χ0v) is 12.4. The number of carboxylic acid groups (broad SMARTS) is 1. The van der Waals surface area contributed by atoms with Crippen molar-refractivity contribution in [1.82, 2.24) is 5.32 Å². The number of methoxy groups -OCH3 is 1. The average Bonchev–Trinajstić information content (AvgIpc) is 2.38. The molecule has 2 unspecified atom stereocenters. The van der Waals surface area contributed by atoms with Crippen molar-refractivity contribution in [2.24, 2.45) is 0 Å². The van der Waals surface area contributed by atoms with Gasteiger partial charge in [0.15, 0.2) is 5.54 Å². The molecule has 1 aromatic rings. The van der Waals surface area contributed by atoms with Crippen LogP contribution in [-0.2, 0) is 14.3 Å². The van der Waals surface area contributed by atoms with Crippen LogP contribution < -0.4 is 5.32 Å². The minimum absolute atomic E-state index is 0.0655. The first-order valence-corrected chi connectivity index (χ1v) is 6.57. The molecule has 0 aliphatic heterocycles. The average molecular weight is 297 g/mol. The number of rotatable bonds is 7. The van der Waals surface area contributed by atoms with E-state index in [1.54, 1.807) is 19.1 Å². The molecule has 0 aromatic heterocycles. The van der Waals surface area contributed by atoms with Crippen molar-refractivity contribution in [3.8, 4) is 0 Å². The molecule has 0 aliphatic rings. The van der Waals surface area contributed by atoms with Gasteiger partial charge in [0, 0.05) is 13.5 Å². The minimum Gasteiger partial charge on any atom is -0.479 e. The molecule has 1 aromatic carbocycles. The fourth-order valence-corrected chi connectivity index (χ4v) is 2.01. The summed E-state index contributed by atoms with van der Waals surface area (Å²) in [6, 6.07) is 6.00. The van der Waals surface area contributed by atoms with Crippen molar-refractivity contribution in [1.29, 1.82) is 0 Å². The van der Waals surface area contributed by atoms with E-state index in [2.05, 4.69) is 5.32 Å².